The van der Waals surface area contributed by atoms with Crippen LogP contribution in [0.3, 0.4) is 0 Å². The molecule has 3 nitrogen and oxygen atoms in total. The highest BCUT2D eigenvalue weighted by Gasteiger charge is 2.15. The lowest BCUT2D eigenvalue weighted by molar-refractivity contribution is 0.0734. The van der Waals surface area contributed by atoms with Crippen molar-refractivity contribution in [3.8, 4) is 11.5 Å². The summed E-state index contributed by atoms with van der Waals surface area (Å²) < 4.78 is 24.0. The van der Waals surface area contributed by atoms with E-state index < -0.39 is 5.97 Å². The van der Waals surface area contributed by atoms with Crippen LogP contribution in [0.25, 0.3) is 0 Å². The molecule has 4 heteroatoms. The molecule has 1 aliphatic rings. The van der Waals surface area contributed by atoms with Crippen LogP contribution in [0, 0.1) is 5.82 Å². The topological polar surface area (TPSA) is 35.5 Å². The fraction of sp³-hybridized carbons (Fsp3) is 0.316. The highest BCUT2D eigenvalue weighted by molar-refractivity contribution is 5.90. The highest BCUT2D eigenvalue weighted by Crippen LogP contribution is 2.25. The smallest absolute Gasteiger partial charge is 0.343 e. The minimum Gasteiger partial charge on any atom is -0.490 e. The van der Waals surface area contributed by atoms with E-state index in [1.165, 1.54) is 43.5 Å². The molecule has 2 aromatic rings. The molecule has 1 saturated carbocycles. The van der Waals surface area contributed by atoms with E-state index >= 15 is 0 Å². The van der Waals surface area contributed by atoms with E-state index in [-0.39, 0.29) is 11.9 Å². The lowest BCUT2D eigenvalue weighted by atomic mass is 9.98. The predicted molar refractivity (Wildman–Crippen MR) is 85.3 cm³/mol. The molecule has 0 heterocycles. The fourth-order valence-corrected chi connectivity index (χ4v) is 2.71. The van der Waals surface area contributed by atoms with E-state index in [1.807, 2.05) is 12.1 Å². The number of hydrogen-bond acceptors (Lipinski definition) is 3. The molecular formula is C19H19FO3. The molecule has 120 valence electrons. The first kappa shape index (κ1) is 15.5. The van der Waals surface area contributed by atoms with Crippen molar-refractivity contribution in [2.45, 2.75) is 38.2 Å². The highest BCUT2D eigenvalue weighted by atomic mass is 19.1. The molecule has 0 atom stereocenters. The van der Waals surface area contributed by atoms with Gasteiger partial charge < -0.3 is 9.47 Å². The molecule has 23 heavy (non-hydrogen) atoms. The van der Waals surface area contributed by atoms with Crippen LogP contribution in [0.1, 0.15) is 42.5 Å². The third-order valence-electron chi connectivity index (χ3n) is 3.97. The third-order valence-corrected chi connectivity index (χ3v) is 3.97. The van der Waals surface area contributed by atoms with Crippen molar-refractivity contribution in [2.24, 2.45) is 0 Å². The van der Waals surface area contributed by atoms with Crippen LogP contribution in [0.15, 0.2) is 48.5 Å². The number of rotatable bonds is 4. The third kappa shape index (κ3) is 4.31. The second-order valence-electron chi connectivity index (χ2n) is 5.75. The van der Waals surface area contributed by atoms with Crippen LogP contribution in [-0.4, -0.2) is 12.1 Å². The zero-order valence-corrected chi connectivity index (χ0v) is 12.8. The van der Waals surface area contributed by atoms with Gasteiger partial charge in [-0.2, -0.15) is 0 Å². The molecule has 0 saturated heterocycles. The number of halogens is 1. The molecule has 0 aliphatic heterocycles. The largest absolute Gasteiger partial charge is 0.490 e. The summed E-state index contributed by atoms with van der Waals surface area (Å²) in [6.07, 6.45) is 6.22. The van der Waals surface area contributed by atoms with E-state index in [0.29, 0.717) is 11.3 Å². The number of carbonyl (C=O) groups excluding carboxylic acids is 1. The zero-order valence-electron chi connectivity index (χ0n) is 12.8. The van der Waals surface area contributed by atoms with Crippen molar-refractivity contribution < 1.29 is 18.7 Å². The van der Waals surface area contributed by atoms with Gasteiger partial charge in [-0.25, -0.2) is 9.18 Å². The Kier molecular flexibility index (Phi) is 4.91. The summed E-state index contributed by atoms with van der Waals surface area (Å²) >= 11 is 0. The van der Waals surface area contributed by atoms with Gasteiger partial charge in [0.05, 0.1) is 11.7 Å². The first-order chi connectivity index (χ1) is 11.2. The van der Waals surface area contributed by atoms with E-state index in [2.05, 4.69) is 0 Å². The summed E-state index contributed by atoms with van der Waals surface area (Å²) in [5.41, 5.74) is 0.314. The molecule has 0 amide bonds. The van der Waals surface area contributed by atoms with E-state index in [1.54, 1.807) is 12.1 Å². The van der Waals surface area contributed by atoms with E-state index in [4.69, 9.17) is 9.47 Å². The first-order valence-corrected chi connectivity index (χ1v) is 7.95. The van der Waals surface area contributed by atoms with Gasteiger partial charge in [0.15, 0.2) is 0 Å². The molecule has 0 bridgehead atoms. The summed E-state index contributed by atoms with van der Waals surface area (Å²) in [6.45, 7) is 0. The second kappa shape index (κ2) is 7.27. The fourth-order valence-electron chi connectivity index (χ4n) is 2.71. The number of benzene rings is 2. The average Bonchev–Trinajstić information content (AvgIpc) is 2.58. The van der Waals surface area contributed by atoms with Gasteiger partial charge in [-0.15, -0.1) is 0 Å². The maximum atomic E-state index is 12.8. The van der Waals surface area contributed by atoms with Crippen molar-refractivity contribution in [1.82, 2.24) is 0 Å². The zero-order chi connectivity index (χ0) is 16.1. The van der Waals surface area contributed by atoms with Crippen LogP contribution in [0.5, 0.6) is 11.5 Å². The number of ether oxygens (including phenoxy) is 2. The standard InChI is InChI=1S/C19H19FO3/c20-15-8-6-14(7-9-15)19(21)23-18-12-10-17(11-13-18)22-16-4-2-1-3-5-16/h6-13,16H,1-5H2. The average molecular weight is 314 g/mol. The SMILES string of the molecule is O=C(Oc1ccc(OC2CCCCC2)cc1)c1ccc(F)cc1. The Balaban J connectivity index is 1.58. The van der Waals surface area contributed by atoms with Gasteiger partial charge in [-0.05, 0) is 74.2 Å². The Bertz CT molecular complexity index is 643. The maximum absolute atomic E-state index is 12.8. The molecule has 1 aliphatic carbocycles. The van der Waals surface area contributed by atoms with Crippen LogP contribution in [-0.2, 0) is 0 Å². The molecular weight excluding hydrogens is 295 g/mol. The first-order valence-electron chi connectivity index (χ1n) is 7.95. The lowest BCUT2D eigenvalue weighted by Crippen LogP contribution is -2.19. The number of carbonyl (C=O) groups is 1. The quantitative estimate of drug-likeness (QED) is 0.603. The molecule has 0 N–H and O–H groups in total. The molecule has 0 aromatic heterocycles. The molecule has 1 fully saturated rings. The summed E-state index contributed by atoms with van der Waals surface area (Å²) in [6, 6.07) is 12.3. The predicted octanol–water partition coefficient (Wildman–Crippen LogP) is 4.76. The van der Waals surface area contributed by atoms with Gasteiger partial charge in [0.25, 0.3) is 0 Å². The minimum absolute atomic E-state index is 0.288. The van der Waals surface area contributed by atoms with Gasteiger partial charge in [0.1, 0.15) is 17.3 Å². The Hall–Kier alpha value is -2.36. The summed E-state index contributed by atoms with van der Waals surface area (Å²) in [5, 5.41) is 0. The van der Waals surface area contributed by atoms with Gasteiger partial charge >= 0.3 is 5.97 Å². The van der Waals surface area contributed by atoms with Crippen molar-refractivity contribution in [3.63, 3.8) is 0 Å². The minimum atomic E-state index is -0.508. The van der Waals surface area contributed by atoms with Crippen molar-refractivity contribution in [1.29, 1.82) is 0 Å². The Morgan fingerprint density at radius 3 is 2.13 bits per heavy atom. The monoisotopic (exact) mass is 314 g/mol. The second-order valence-corrected chi connectivity index (χ2v) is 5.75. The van der Waals surface area contributed by atoms with Crippen LogP contribution in [0.4, 0.5) is 4.39 Å². The maximum Gasteiger partial charge on any atom is 0.343 e. The van der Waals surface area contributed by atoms with Crippen molar-refractivity contribution >= 4 is 5.97 Å². The van der Waals surface area contributed by atoms with Gasteiger partial charge in [-0.1, -0.05) is 6.42 Å². The Morgan fingerprint density at radius 2 is 1.48 bits per heavy atom. The van der Waals surface area contributed by atoms with Crippen LogP contribution < -0.4 is 9.47 Å². The van der Waals surface area contributed by atoms with Crippen LogP contribution in [0.2, 0.25) is 0 Å². The summed E-state index contributed by atoms with van der Waals surface area (Å²) in [7, 11) is 0. The number of hydrogen-bond donors (Lipinski definition) is 0. The number of esters is 1. The lowest BCUT2D eigenvalue weighted by Gasteiger charge is -2.23. The molecule has 3 rings (SSSR count). The van der Waals surface area contributed by atoms with E-state index in [9.17, 15) is 9.18 Å². The summed E-state index contributed by atoms with van der Waals surface area (Å²) in [5.74, 6) is 0.338. The normalized spacial score (nSPS) is 15.2. The molecule has 0 spiro atoms. The van der Waals surface area contributed by atoms with Gasteiger partial charge in [-0.3, -0.25) is 0 Å². The van der Waals surface area contributed by atoms with Gasteiger partial charge in [0.2, 0.25) is 0 Å². The summed E-state index contributed by atoms with van der Waals surface area (Å²) in [4.78, 5) is 12.0. The van der Waals surface area contributed by atoms with Gasteiger partial charge in [0, 0.05) is 0 Å². The van der Waals surface area contributed by atoms with Crippen molar-refractivity contribution in [3.05, 3.63) is 59.9 Å². The van der Waals surface area contributed by atoms with E-state index in [0.717, 1.165) is 18.6 Å². The van der Waals surface area contributed by atoms with Crippen LogP contribution >= 0.6 is 0 Å². The Morgan fingerprint density at radius 1 is 0.870 bits per heavy atom. The Labute approximate surface area is 135 Å². The van der Waals surface area contributed by atoms with Crippen molar-refractivity contribution in [2.75, 3.05) is 0 Å². The molecule has 0 radical (unpaired) electrons. The molecule has 2 aromatic carbocycles. The molecule has 0 unspecified atom stereocenters.